The van der Waals surface area contributed by atoms with Crippen molar-refractivity contribution in [2.75, 3.05) is 0 Å². The summed E-state index contributed by atoms with van der Waals surface area (Å²) in [5.74, 6) is 0. The Hall–Kier alpha value is -2.22. The zero-order valence-electron chi connectivity index (χ0n) is 22.4. The number of halogens is 2. The molecular weight excluding hydrogens is 599 g/mol. The maximum Gasteiger partial charge on any atom is 4.00 e. The summed E-state index contributed by atoms with van der Waals surface area (Å²) < 4.78 is 0. The SMILES string of the molecule is C[SiH]C.Cc1cc2cc(-c3ccccc3)ccc2[cH-]1.Cc1cc2cc(-c3ccccc3)ccc2[cH-]1.[Cl-].[Cl-].[Zr+4]. The molecule has 6 rings (SSSR count). The predicted molar refractivity (Wildman–Crippen MR) is 158 cm³/mol. The monoisotopic (exact) mass is 629 g/mol. The molecule has 0 amide bonds. The van der Waals surface area contributed by atoms with Crippen molar-refractivity contribution in [1.82, 2.24) is 0 Å². The van der Waals surface area contributed by atoms with Crippen molar-refractivity contribution in [3.8, 4) is 22.3 Å². The van der Waals surface area contributed by atoms with Crippen molar-refractivity contribution >= 4 is 31.1 Å². The van der Waals surface area contributed by atoms with Gasteiger partial charge in [-0.1, -0.05) is 112 Å². The number of benzene rings is 4. The van der Waals surface area contributed by atoms with E-state index in [9.17, 15) is 0 Å². The Bertz CT molecular complexity index is 1390. The Morgan fingerprint density at radius 2 is 0.816 bits per heavy atom. The first kappa shape index (κ1) is 33.8. The molecular formula is C34H33Cl2SiZr. The van der Waals surface area contributed by atoms with E-state index in [-0.39, 0.29) is 51.0 Å². The third-order valence-electron chi connectivity index (χ3n) is 5.92. The molecule has 0 nitrogen and oxygen atoms in total. The molecule has 0 aliphatic heterocycles. The van der Waals surface area contributed by atoms with Gasteiger partial charge in [0.2, 0.25) is 0 Å². The van der Waals surface area contributed by atoms with Gasteiger partial charge in [-0.25, -0.2) is 0 Å². The van der Waals surface area contributed by atoms with Gasteiger partial charge in [0, 0.05) is 9.52 Å². The van der Waals surface area contributed by atoms with Gasteiger partial charge in [0.25, 0.3) is 0 Å². The van der Waals surface area contributed by atoms with Crippen LogP contribution in [0, 0.1) is 13.8 Å². The zero-order chi connectivity index (χ0) is 24.6. The smallest absolute Gasteiger partial charge is 1.00 e. The molecule has 0 saturated heterocycles. The van der Waals surface area contributed by atoms with Crippen LogP contribution in [-0.2, 0) is 26.2 Å². The molecule has 0 bridgehead atoms. The third-order valence-corrected chi connectivity index (χ3v) is 5.92. The minimum absolute atomic E-state index is 0. The molecule has 6 aromatic rings. The topological polar surface area (TPSA) is 0 Å². The number of rotatable bonds is 2. The summed E-state index contributed by atoms with van der Waals surface area (Å²) in [5, 5.41) is 5.33. The fourth-order valence-electron chi connectivity index (χ4n) is 4.35. The standard InChI is InChI=1S/2C16H13.C2H7Si.2ClH.Zr/c2*1-12-9-14-7-8-15(11-16(14)10-12)13-5-3-2-4-6-13;1-3-2;;;/h2*2-11H,1H3;3H,1-2H3;2*1H;/q2*-1;;;;+4/p-2. The molecule has 38 heavy (non-hydrogen) atoms. The van der Waals surface area contributed by atoms with Crippen LogP contribution < -0.4 is 24.8 Å². The quantitative estimate of drug-likeness (QED) is 0.203. The van der Waals surface area contributed by atoms with Crippen LogP contribution in [0.25, 0.3) is 43.8 Å². The maximum absolute atomic E-state index is 2.26. The van der Waals surface area contributed by atoms with E-state index in [1.165, 1.54) is 54.9 Å². The summed E-state index contributed by atoms with van der Waals surface area (Å²) in [7, 11) is 0.750. The molecule has 0 spiro atoms. The first-order valence-electron chi connectivity index (χ1n) is 12.3. The second-order valence-corrected chi connectivity index (χ2v) is 10.2. The van der Waals surface area contributed by atoms with E-state index in [1.807, 2.05) is 0 Å². The average Bonchev–Trinajstić information content (AvgIpc) is 3.45. The van der Waals surface area contributed by atoms with Crippen molar-refractivity contribution in [3.63, 3.8) is 0 Å². The Morgan fingerprint density at radius 3 is 1.16 bits per heavy atom. The van der Waals surface area contributed by atoms with E-state index in [2.05, 4.69) is 148 Å². The van der Waals surface area contributed by atoms with Gasteiger partial charge in [0.05, 0.1) is 0 Å². The number of aryl methyl sites for hydroxylation is 2. The van der Waals surface area contributed by atoms with Crippen LogP contribution in [0.15, 0.2) is 121 Å². The number of hydrogen-bond donors (Lipinski definition) is 0. The van der Waals surface area contributed by atoms with Gasteiger partial charge < -0.3 is 24.8 Å². The van der Waals surface area contributed by atoms with Gasteiger partial charge in [-0.15, -0.1) is 56.9 Å². The average molecular weight is 632 g/mol. The van der Waals surface area contributed by atoms with Crippen molar-refractivity contribution in [2.45, 2.75) is 26.9 Å². The fraction of sp³-hybridized carbons (Fsp3) is 0.118. The van der Waals surface area contributed by atoms with Crippen LogP contribution in [-0.4, -0.2) is 9.52 Å². The molecule has 0 atom stereocenters. The third kappa shape index (κ3) is 8.92. The zero-order valence-corrected chi connectivity index (χ0v) is 27.5. The Morgan fingerprint density at radius 1 is 0.474 bits per heavy atom. The first-order chi connectivity index (χ1) is 17.1. The Labute approximate surface area is 262 Å². The van der Waals surface area contributed by atoms with Crippen LogP contribution in [0.1, 0.15) is 11.1 Å². The molecule has 0 aliphatic rings. The summed E-state index contributed by atoms with van der Waals surface area (Å²) in [5.41, 5.74) is 7.81. The van der Waals surface area contributed by atoms with Gasteiger partial charge in [-0.3, -0.25) is 0 Å². The Kier molecular flexibility index (Phi) is 14.8. The summed E-state index contributed by atoms with van der Waals surface area (Å²) in [4.78, 5) is 0. The summed E-state index contributed by atoms with van der Waals surface area (Å²) in [6, 6.07) is 43.2. The van der Waals surface area contributed by atoms with Crippen LogP contribution in [0.4, 0.5) is 0 Å². The van der Waals surface area contributed by atoms with Gasteiger partial charge in [-0.2, -0.15) is 12.1 Å². The molecule has 0 heterocycles. The maximum atomic E-state index is 2.26. The van der Waals surface area contributed by atoms with Crippen molar-refractivity contribution in [1.29, 1.82) is 0 Å². The summed E-state index contributed by atoms with van der Waals surface area (Å²) in [6.07, 6.45) is 0. The fourth-order valence-corrected chi connectivity index (χ4v) is 4.35. The minimum atomic E-state index is 0. The van der Waals surface area contributed by atoms with E-state index in [0.29, 0.717) is 0 Å². The molecule has 1 radical (unpaired) electrons. The molecule has 0 aliphatic carbocycles. The summed E-state index contributed by atoms with van der Waals surface area (Å²) in [6.45, 7) is 8.70. The van der Waals surface area contributed by atoms with Gasteiger partial charge >= 0.3 is 26.2 Å². The molecule has 6 aromatic carbocycles. The molecule has 0 N–H and O–H groups in total. The van der Waals surface area contributed by atoms with Gasteiger partial charge in [0.1, 0.15) is 0 Å². The Balaban J connectivity index is 0.000000322. The number of fused-ring (bicyclic) bond motifs is 2. The molecule has 0 fully saturated rings. The van der Waals surface area contributed by atoms with E-state index in [1.54, 1.807) is 0 Å². The van der Waals surface area contributed by atoms with Gasteiger partial charge in [0.15, 0.2) is 0 Å². The molecule has 191 valence electrons. The normalized spacial score (nSPS) is 9.58. The molecule has 0 saturated carbocycles. The van der Waals surface area contributed by atoms with Crippen molar-refractivity contribution in [3.05, 3.63) is 132 Å². The predicted octanol–water partition coefficient (Wildman–Crippen LogP) is 3.59. The van der Waals surface area contributed by atoms with Crippen LogP contribution in [0.3, 0.4) is 0 Å². The minimum Gasteiger partial charge on any atom is -1.00 e. The van der Waals surface area contributed by atoms with Crippen LogP contribution in [0.2, 0.25) is 13.1 Å². The van der Waals surface area contributed by atoms with Crippen molar-refractivity contribution < 1.29 is 51.0 Å². The molecule has 4 heteroatoms. The van der Waals surface area contributed by atoms with E-state index < -0.39 is 0 Å². The van der Waals surface area contributed by atoms with Crippen LogP contribution >= 0.6 is 0 Å². The summed E-state index contributed by atoms with van der Waals surface area (Å²) >= 11 is 0. The van der Waals surface area contributed by atoms with Crippen LogP contribution in [0.5, 0.6) is 0 Å². The van der Waals surface area contributed by atoms with E-state index in [0.717, 1.165) is 9.52 Å². The van der Waals surface area contributed by atoms with Gasteiger partial charge in [-0.05, 0) is 22.3 Å². The first-order valence-corrected chi connectivity index (χ1v) is 14.6. The second-order valence-electron chi connectivity index (χ2n) is 9.06. The number of hydrogen-bond acceptors (Lipinski definition) is 0. The second kappa shape index (κ2) is 16.7. The van der Waals surface area contributed by atoms with E-state index >= 15 is 0 Å². The van der Waals surface area contributed by atoms with Crippen molar-refractivity contribution in [2.24, 2.45) is 0 Å². The molecule has 0 unspecified atom stereocenters. The van der Waals surface area contributed by atoms with E-state index in [4.69, 9.17) is 0 Å². The molecule has 0 aromatic heterocycles. The largest absolute Gasteiger partial charge is 4.00 e.